The molecule has 1 heterocycles. The predicted molar refractivity (Wildman–Crippen MR) is 79.0 cm³/mol. The molecule has 1 atom stereocenters. The second-order valence-corrected chi connectivity index (χ2v) is 8.41. The first-order valence-electron chi connectivity index (χ1n) is 6.38. The minimum atomic E-state index is -2.95. The zero-order chi connectivity index (χ0) is 13.6. The minimum Gasteiger partial charge on any atom is -0.315 e. The number of hydrogen-bond acceptors (Lipinski definition) is 4. The molecule has 1 aromatic heterocycles. The van der Waals surface area contributed by atoms with Gasteiger partial charge in [-0.1, -0.05) is 19.9 Å². The fourth-order valence-electron chi connectivity index (χ4n) is 1.61. The molecule has 0 bridgehead atoms. The molecule has 1 N–H and O–H groups in total. The van der Waals surface area contributed by atoms with Crippen molar-refractivity contribution in [2.45, 2.75) is 32.4 Å². The van der Waals surface area contributed by atoms with E-state index in [0.29, 0.717) is 6.54 Å². The largest absolute Gasteiger partial charge is 0.315 e. The van der Waals surface area contributed by atoms with Crippen LogP contribution in [0.4, 0.5) is 0 Å². The van der Waals surface area contributed by atoms with Crippen LogP contribution in [0.2, 0.25) is 0 Å². The number of rotatable bonds is 8. The zero-order valence-electron chi connectivity index (χ0n) is 11.3. The molecule has 1 rings (SSSR count). The molecule has 104 valence electrons. The van der Waals surface area contributed by atoms with Gasteiger partial charge in [0.2, 0.25) is 0 Å². The topological polar surface area (TPSA) is 46.2 Å². The molecule has 0 fully saturated rings. The first kappa shape index (κ1) is 15.7. The molecule has 0 aromatic carbocycles. The highest BCUT2D eigenvalue weighted by Gasteiger charge is 2.22. The highest BCUT2D eigenvalue weighted by atomic mass is 32.2. The molecule has 0 radical (unpaired) electrons. The molecule has 0 aliphatic rings. The van der Waals surface area contributed by atoms with E-state index in [1.807, 2.05) is 19.9 Å². The Bertz CT molecular complexity index is 424. The van der Waals surface area contributed by atoms with Gasteiger partial charge in [-0.3, -0.25) is 0 Å². The summed E-state index contributed by atoms with van der Waals surface area (Å²) in [5.74, 6) is 0.415. The van der Waals surface area contributed by atoms with E-state index in [2.05, 4.69) is 16.8 Å². The Labute approximate surface area is 115 Å². The van der Waals surface area contributed by atoms with E-state index in [4.69, 9.17) is 0 Å². The van der Waals surface area contributed by atoms with Crippen molar-refractivity contribution in [3.05, 3.63) is 22.4 Å². The molecule has 0 amide bonds. The maximum absolute atomic E-state index is 11.9. The van der Waals surface area contributed by atoms with Crippen LogP contribution in [0, 0.1) is 5.92 Å². The van der Waals surface area contributed by atoms with E-state index >= 15 is 0 Å². The van der Waals surface area contributed by atoms with Crippen molar-refractivity contribution in [3.63, 3.8) is 0 Å². The maximum atomic E-state index is 11.9. The van der Waals surface area contributed by atoms with Crippen LogP contribution in [-0.2, 0) is 16.3 Å². The average Bonchev–Trinajstić information content (AvgIpc) is 2.80. The number of nitrogens with one attached hydrogen (secondary N) is 1. The summed E-state index contributed by atoms with van der Waals surface area (Å²) in [6, 6.07) is 4.14. The normalized spacial score (nSPS) is 14.0. The first-order chi connectivity index (χ1) is 8.43. The second-order valence-electron chi connectivity index (χ2n) is 4.90. The van der Waals surface area contributed by atoms with Gasteiger partial charge >= 0.3 is 0 Å². The van der Waals surface area contributed by atoms with Crippen molar-refractivity contribution in [3.8, 4) is 0 Å². The zero-order valence-corrected chi connectivity index (χ0v) is 13.0. The maximum Gasteiger partial charge on any atom is 0.154 e. The van der Waals surface area contributed by atoms with Gasteiger partial charge in [0, 0.05) is 11.4 Å². The minimum absolute atomic E-state index is 0.182. The van der Waals surface area contributed by atoms with E-state index in [0.717, 1.165) is 13.0 Å². The van der Waals surface area contributed by atoms with E-state index in [1.54, 1.807) is 18.3 Å². The lowest BCUT2D eigenvalue weighted by Crippen LogP contribution is -2.32. The summed E-state index contributed by atoms with van der Waals surface area (Å²) in [6.45, 7) is 7.08. The Morgan fingerprint density at radius 3 is 2.56 bits per heavy atom. The van der Waals surface area contributed by atoms with Crippen LogP contribution in [-0.4, -0.2) is 32.5 Å². The van der Waals surface area contributed by atoms with Crippen LogP contribution in [0.25, 0.3) is 0 Å². The van der Waals surface area contributed by atoms with E-state index in [-0.39, 0.29) is 16.9 Å². The van der Waals surface area contributed by atoms with Gasteiger partial charge in [-0.2, -0.15) is 0 Å². The van der Waals surface area contributed by atoms with Gasteiger partial charge in [0.1, 0.15) is 0 Å². The van der Waals surface area contributed by atoms with Gasteiger partial charge in [-0.05, 0) is 37.3 Å². The van der Waals surface area contributed by atoms with E-state index in [1.165, 1.54) is 4.88 Å². The SMILES string of the molecule is CC(C)C(C)S(=O)(=O)CCNCCc1cccs1. The smallest absolute Gasteiger partial charge is 0.154 e. The second kappa shape index (κ2) is 7.26. The molecule has 1 aromatic rings. The molecule has 0 spiro atoms. The van der Waals surface area contributed by atoms with Crippen LogP contribution in [0.1, 0.15) is 25.6 Å². The summed E-state index contributed by atoms with van der Waals surface area (Å²) in [5.41, 5.74) is 0. The van der Waals surface area contributed by atoms with Gasteiger partial charge in [0.05, 0.1) is 11.0 Å². The van der Waals surface area contributed by atoms with Crippen LogP contribution >= 0.6 is 11.3 Å². The predicted octanol–water partition coefficient (Wildman–Crippen LogP) is 2.34. The molecule has 18 heavy (non-hydrogen) atoms. The van der Waals surface area contributed by atoms with Crippen LogP contribution in [0.15, 0.2) is 17.5 Å². The Hall–Kier alpha value is -0.390. The summed E-state index contributed by atoms with van der Waals surface area (Å²) in [5, 5.41) is 5.01. The third-order valence-electron chi connectivity index (χ3n) is 3.20. The fraction of sp³-hybridized carbons (Fsp3) is 0.692. The van der Waals surface area contributed by atoms with Gasteiger partial charge < -0.3 is 5.32 Å². The summed E-state index contributed by atoms with van der Waals surface area (Å²) in [6.07, 6.45) is 0.970. The number of thiophene rings is 1. The average molecular weight is 289 g/mol. The molecular weight excluding hydrogens is 266 g/mol. The van der Waals surface area contributed by atoms with Crippen LogP contribution in [0.3, 0.4) is 0 Å². The Morgan fingerprint density at radius 2 is 2.00 bits per heavy atom. The monoisotopic (exact) mass is 289 g/mol. The summed E-state index contributed by atoms with van der Waals surface area (Å²) < 4.78 is 23.9. The Morgan fingerprint density at radius 1 is 1.28 bits per heavy atom. The summed E-state index contributed by atoms with van der Waals surface area (Å²) >= 11 is 1.74. The standard InChI is InChI=1S/C13H23NO2S2/c1-11(2)12(3)18(15,16)10-8-14-7-6-13-5-4-9-17-13/h4-5,9,11-12,14H,6-8,10H2,1-3H3. The van der Waals surface area contributed by atoms with Crippen molar-refractivity contribution < 1.29 is 8.42 Å². The molecule has 3 nitrogen and oxygen atoms in total. The Balaban J connectivity index is 2.21. The third-order valence-corrected chi connectivity index (χ3v) is 6.58. The lowest BCUT2D eigenvalue weighted by molar-refractivity contribution is 0.543. The lowest BCUT2D eigenvalue weighted by Gasteiger charge is -2.16. The van der Waals surface area contributed by atoms with Gasteiger partial charge in [-0.15, -0.1) is 11.3 Å². The number of hydrogen-bond donors (Lipinski definition) is 1. The molecule has 0 saturated heterocycles. The van der Waals surface area contributed by atoms with Crippen molar-refractivity contribution in [1.82, 2.24) is 5.32 Å². The Kier molecular flexibility index (Phi) is 6.32. The van der Waals surface area contributed by atoms with Gasteiger partial charge in [0.15, 0.2) is 9.84 Å². The highest BCUT2D eigenvalue weighted by molar-refractivity contribution is 7.92. The first-order valence-corrected chi connectivity index (χ1v) is 8.97. The molecule has 5 heteroatoms. The van der Waals surface area contributed by atoms with Crippen molar-refractivity contribution >= 4 is 21.2 Å². The molecule has 0 saturated carbocycles. The van der Waals surface area contributed by atoms with E-state index in [9.17, 15) is 8.42 Å². The summed E-state index contributed by atoms with van der Waals surface area (Å²) in [7, 11) is -2.95. The van der Waals surface area contributed by atoms with Gasteiger partial charge in [0.25, 0.3) is 0 Å². The number of sulfone groups is 1. The molecule has 0 aliphatic heterocycles. The van der Waals surface area contributed by atoms with Crippen molar-refractivity contribution in [2.75, 3.05) is 18.8 Å². The molecular formula is C13H23NO2S2. The lowest BCUT2D eigenvalue weighted by atomic mass is 10.2. The quantitative estimate of drug-likeness (QED) is 0.747. The molecule has 0 aliphatic carbocycles. The van der Waals surface area contributed by atoms with E-state index < -0.39 is 9.84 Å². The highest BCUT2D eigenvalue weighted by Crippen LogP contribution is 2.12. The van der Waals surface area contributed by atoms with Crippen LogP contribution in [0.5, 0.6) is 0 Å². The molecule has 1 unspecified atom stereocenters. The van der Waals surface area contributed by atoms with Gasteiger partial charge in [-0.25, -0.2) is 8.42 Å². The van der Waals surface area contributed by atoms with Crippen molar-refractivity contribution in [2.24, 2.45) is 5.92 Å². The fourth-order valence-corrected chi connectivity index (χ4v) is 3.95. The summed E-state index contributed by atoms with van der Waals surface area (Å²) in [4.78, 5) is 1.33. The van der Waals surface area contributed by atoms with Crippen molar-refractivity contribution in [1.29, 1.82) is 0 Å². The third kappa shape index (κ3) is 5.08. The van der Waals surface area contributed by atoms with Crippen LogP contribution < -0.4 is 5.32 Å².